The van der Waals surface area contributed by atoms with E-state index in [-0.39, 0.29) is 44.1 Å². The zero-order valence-electron chi connectivity index (χ0n) is 25.0. The second-order valence-electron chi connectivity index (χ2n) is 11.3. The van der Waals surface area contributed by atoms with Crippen molar-refractivity contribution in [3.63, 3.8) is 0 Å². The third-order valence-electron chi connectivity index (χ3n) is 7.93. The number of aldehydes is 1. The van der Waals surface area contributed by atoms with Gasteiger partial charge in [0.05, 0.1) is 18.8 Å². The third-order valence-corrected chi connectivity index (χ3v) is 7.93. The molecule has 0 bridgehead atoms. The largest absolute Gasteiger partial charge is 0.508 e. The van der Waals surface area contributed by atoms with Gasteiger partial charge in [-0.3, -0.25) is 20.3 Å². The van der Waals surface area contributed by atoms with Gasteiger partial charge in [0.1, 0.15) is 23.9 Å². The van der Waals surface area contributed by atoms with E-state index >= 15 is 0 Å². The summed E-state index contributed by atoms with van der Waals surface area (Å²) in [4.78, 5) is 51.7. The van der Waals surface area contributed by atoms with Crippen LogP contribution in [0.15, 0.2) is 55.1 Å². The lowest BCUT2D eigenvalue weighted by Crippen LogP contribution is -2.63. The molecule has 1 aromatic heterocycles. The van der Waals surface area contributed by atoms with Crippen molar-refractivity contribution in [1.82, 2.24) is 30.0 Å². The summed E-state index contributed by atoms with van der Waals surface area (Å²) in [7, 11) is 2.16. The van der Waals surface area contributed by atoms with Crippen LogP contribution in [0.3, 0.4) is 0 Å². The molecule has 12 nitrogen and oxygen atoms in total. The number of carbonyl (C=O) groups is 3. The number of anilines is 1. The number of benzene rings is 1. The van der Waals surface area contributed by atoms with E-state index in [2.05, 4.69) is 33.6 Å². The van der Waals surface area contributed by atoms with Crippen LogP contribution in [0.2, 0.25) is 0 Å². The van der Waals surface area contributed by atoms with Gasteiger partial charge in [0, 0.05) is 71.2 Å². The van der Waals surface area contributed by atoms with Crippen LogP contribution in [0.5, 0.6) is 5.75 Å². The predicted molar refractivity (Wildman–Crippen MR) is 165 cm³/mol. The Hall–Kier alpha value is -3.84. The molecule has 0 unspecified atom stereocenters. The topological polar surface area (TPSA) is 139 Å². The zero-order valence-corrected chi connectivity index (χ0v) is 25.0. The Morgan fingerprint density at radius 1 is 1.16 bits per heavy atom. The molecule has 4 N–H and O–H groups in total. The number of piperazine rings is 1. The maximum atomic E-state index is 13.9. The molecule has 2 aromatic rings. The molecule has 232 valence electrons. The lowest BCUT2D eigenvalue weighted by Gasteiger charge is -2.48. The number of likely N-dealkylation sites (N-methyl/N-ethyl adjacent to an activating group) is 1. The lowest BCUT2D eigenvalue weighted by atomic mass is 10.0. The van der Waals surface area contributed by atoms with Gasteiger partial charge in [-0.05, 0) is 36.9 Å². The van der Waals surface area contributed by atoms with E-state index in [0.29, 0.717) is 18.3 Å². The van der Waals surface area contributed by atoms with Gasteiger partial charge in [0.25, 0.3) is 0 Å². The van der Waals surface area contributed by atoms with Crippen LogP contribution in [0.1, 0.15) is 17.7 Å². The molecule has 2 amide bonds. The molecule has 2 saturated heterocycles. The van der Waals surface area contributed by atoms with E-state index in [9.17, 15) is 19.5 Å². The number of nitrogens with zero attached hydrogens (tertiary/aromatic N) is 6. The Morgan fingerprint density at radius 2 is 1.88 bits per heavy atom. The van der Waals surface area contributed by atoms with Crippen molar-refractivity contribution in [2.45, 2.75) is 31.5 Å². The standard InChI is InChI=1S/C31H44N8O4/c1-3-12-39(32)23-30(42)34-28(19-24-8-10-27(41)11-9-24)31(43)37(13-5-18-40)20-25-6-4-7-29(33-25)38-21-26(22-38)36-16-14-35(2)15-17-36/h3-4,6-11,18,26,28,41H,1,5,12-17,19-23,32H2,2H3,(H,34,42)/t28-/m0/s1. The van der Waals surface area contributed by atoms with Crippen molar-refractivity contribution in [3.8, 4) is 5.75 Å². The SMILES string of the molecule is C=CCN(N)CC(=O)N[C@@H](Cc1ccc(O)cc1)C(=O)N(CCC=O)Cc1cccc(N2CC(N3CCN(C)CC3)C2)n1. The Kier molecular flexibility index (Phi) is 11.6. The normalized spacial score (nSPS) is 16.9. The molecule has 0 spiro atoms. The highest BCUT2D eigenvalue weighted by Gasteiger charge is 2.34. The summed E-state index contributed by atoms with van der Waals surface area (Å²) >= 11 is 0. The van der Waals surface area contributed by atoms with Gasteiger partial charge in [-0.1, -0.05) is 24.3 Å². The minimum atomic E-state index is -0.913. The molecular weight excluding hydrogens is 548 g/mol. The average molecular weight is 593 g/mol. The maximum absolute atomic E-state index is 13.9. The molecule has 0 radical (unpaired) electrons. The summed E-state index contributed by atoms with van der Waals surface area (Å²) < 4.78 is 0. The molecule has 2 aliphatic rings. The van der Waals surface area contributed by atoms with Gasteiger partial charge in [-0.2, -0.15) is 0 Å². The van der Waals surface area contributed by atoms with Crippen molar-refractivity contribution in [3.05, 3.63) is 66.4 Å². The number of amides is 2. The third kappa shape index (κ3) is 9.32. The van der Waals surface area contributed by atoms with E-state index in [1.54, 1.807) is 23.1 Å². The van der Waals surface area contributed by atoms with E-state index in [1.165, 1.54) is 17.1 Å². The number of phenols is 1. The summed E-state index contributed by atoms with van der Waals surface area (Å²) in [6.45, 7) is 10.4. The summed E-state index contributed by atoms with van der Waals surface area (Å²) in [5, 5.41) is 13.8. The number of hydrogen-bond acceptors (Lipinski definition) is 10. The molecule has 0 saturated carbocycles. The van der Waals surface area contributed by atoms with E-state index in [0.717, 1.165) is 56.9 Å². The first-order valence-electron chi connectivity index (χ1n) is 14.8. The van der Waals surface area contributed by atoms with Crippen molar-refractivity contribution >= 4 is 23.9 Å². The number of nitrogens with one attached hydrogen (secondary N) is 1. The number of pyridine rings is 1. The Balaban J connectivity index is 1.45. The first-order valence-corrected chi connectivity index (χ1v) is 14.8. The van der Waals surface area contributed by atoms with Crippen LogP contribution in [-0.4, -0.2) is 126 Å². The number of carbonyl (C=O) groups excluding carboxylic acids is 3. The number of hydrazine groups is 1. The Bertz CT molecular complexity index is 1230. The molecule has 12 heteroatoms. The van der Waals surface area contributed by atoms with E-state index in [4.69, 9.17) is 10.8 Å². The number of hydrogen-bond donors (Lipinski definition) is 3. The summed E-state index contributed by atoms with van der Waals surface area (Å²) in [5.74, 6) is 6.10. The van der Waals surface area contributed by atoms with Gasteiger partial charge in [-0.25, -0.2) is 9.99 Å². The summed E-state index contributed by atoms with van der Waals surface area (Å²) in [6.07, 6.45) is 2.71. The van der Waals surface area contributed by atoms with Crippen LogP contribution >= 0.6 is 0 Å². The van der Waals surface area contributed by atoms with Crippen molar-refractivity contribution < 1.29 is 19.5 Å². The quantitative estimate of drug-likeness (QED) is 0.114. The zero-order chi connectivity index (χ0) is 30.8. The second kappa shape index (κ2) is 15.6. The number of nitrogens with two attached hydrogens (primary N) is 1. The Morgan fingerprint density at radius 3 is 2.56 bits per heavy atom. The fraction of sp³-hybridized carbons (Fsp3) is 0.484. The summed E-state index contributed by atoms with van der Waals surface area (Å²) in [5.41, 5.74) is 1.46. The molecule has 1 atom stereocenters. The first kappa shape index (κ1) is 32.1. The number of rotatable bonds is 15. The number of aromatic hydroxyl groups is 1. The molecule has 43 heavy (non-hydrogen) atoms. The molecule has 3 heterocycles. The van der Waals surface area contributed by atoms with Crippen molar-refractivity contribution in [1.29, 1.82) is 0 Å². The van der Waals surface area contributed by atoms with Crippen LogP contribution in [0.25, 0.3) is 0 Å². The fourth-order valence-electron chi connectivity index (χ4n) is 5.41. The highest BCUT2D eigenvalue weighted by molar-refractivity contribution is 5.88. The average Bonchev–Trinajstić information content (AvgIpc) is 2.96. The van der Waals surface area contributed by atoms with Gasteiger partial charge >= 0.3 is 0 Å². The van der Waals surface area contributed by atoms with Gasteiger partial charge in [0.2, 0.25) is 11.8 Å². The molecular formula is C31H44N8O4. The van der Waals surface area contributed by atoms with Crippen LogP contribution in [0.4, 0.5) is 5.82 Å². The van der Waals surface area contributed by atoms with Gasteiger partial charge < -0.3 is 29.9 Å². The maximum Gasteiger partial charge on any atom is 0.245 e. The smallest absolute Gasteiger partial charge is 0.245 e. The highest BCUT2D eigenvalue weighted by Crippen LogP contribution is 2.23. The number of phenolic OH excluding ortho intramolecular Hbond substituents is 1. The first-order chi connectivity index (χ1) is 20.7. The molecule has 0 aliphatic carbocycles. The Labute approximate surface area is 253 Å². The summed E-state index contributed by atoms with van der Waals surface area (Å²) in [6, 6.07) is 11.9. The fourth-order valence-corrected chi connectivity index (χ4v) is 5.41. The van der Waals surface area contributed by atoms with Gasteiger partial charge in [-0.15, -0.1) is 6.58 Å². The van der Waals surface area contributed by atoms with Crippen LogP contribution < -0.4 is 16.1 Å². The molecule has 1 aromatic carbocycles. The molecule has 4 rings (SSSR count). The minimum absolute atomic E-state index is 0.106. The van der Waals surface area contributed by atoms with Crippen molar-refractivity contribution in [2.24, 2.45) is 5.84 Å². The lowest BCUT2D eigenvalue weighted by molar-refractivity contribution is -0.137. The van der Waals surface area contributed by atoms with Crippen LogP contribution in [0, 0.1) is 0 Å². The minimum Gasteiger partial charge on any atom is -0.508 e. The van der Waals surface area contributed by atoms with Gasteiger partial charge in [0.15, 0.2) is 0 Å². The monoisotopic (exact) mass is 592 g/mol. The number of aromatic nitrogens is 1. The predicted octanol–water partition coefficient (Wildman–Crippen LogP) is 0.230. The molecule has 2 fully saturated rings. The van der Waals surface area contributed by atoms with E-state index < -0.39 is 11.9 Å². The molecule has 2 aliphatic heterocycles. The highest BCUT2D eigenvalue weighted by atomic mass is 16.3. The van der Waals surface area contributed by atoms with Crippen LogP contribution in [-0.2, 0) is 27.3 Å². The second-order valence-corrected chi connectivity index (χ2v) is 11.3. The van der Waals surface area contributed by atoms with Crippen molar-refractivity contribution in [2.75, 3.05) is 70.9 Å². The van der Waals surface area contributed by atoms with E-state index in [1.807, 2.05) is 18.2 Å².